The van der Waals surface area contributed by atoms with Crippen LogP contribution in [-0.2, 0) is 9.15 Å². The van der Waals surface area contributed by atoms with Crippen molar-refractivity contribution in [1.29, 1.82) is 0 Å². The van der Waals surface area contributed by atoms with Gasteiger partial charge in [-0.1, -0.05) is 142 Å². The van der Waals surface area contributed by atoms with E-state index in [1.807, 2.05) is 5.80 Å². The predicted octanol–water partition coefficient (Wildman–Crippen LogP) is 9.31. The third kappa shape index (κ3) is 16.5. The molecule has 1 aliphatic heterocycles. The molecule has 7 heteroatoms. The molecule has 0 saturated carbocycles. The summed E-state index contributed by atoms with van der Waals surface area (Å²) in [5.41, 5.74) is 0. The SMILES string of the molecule is CCCC=P(/N=C1\N(C)CCN1CCCCCCCCCCCCCCCCCCCCCC)(OC)ON. The first-order valence-corrected chi connectivity index (χ1v) is 18.0. The predicted molar refractivity (Wildman–Crippen MR) is 170 cm³/mol. The van der Waals surface area contributed by atoms with Gasteiger partial charge in [-0.2, -0.15) is 4.76 Å². The van der Waals surface area contributed by atoms with Crippen LogP contribution in [0.3, 0.4) is 0 Å². The fourth-order valence-electron chi connectivity index (χ4n) is 5.30. The minimum Gasteiger partial charge on any atom is -0.344 e. The molecule has 6 nitrogen and oxygen atoms in total. The zero-order chi connectivity index (χ0) is 27.7. The van der Waals surface area contributed by atoms with Gasteiger partial charge in [-0.3, -0.25) is 0 Å². The van der Waals surface area contributed by atoms with E-state index in [4.69, 9.17) is 19.8 Å². The van der Waals surface area contributed by atoms with Crippen LogP contribution in [0.1, 0.15) is 155 Å². The highest BCUT2D eigenvalue weighted by Gasteiger charge is 2.27. The molecule has 2 N–H and O–H groups in total. The molecule has 1 aliphatic rings. The monoisotopic (exact) mass is 556 g/mol. The average molecular weight is 557 g/mol. The quantitative estimate of drug-likeness (QED) is 0.0653. The van der Waals surface area contributed by atoms with E-state index in [2.05, 4.69) is 30.7 Å². The number of hydrogen-bond acceptors (Lipinski definition) is 4. The number of guanidine groups is 1. The molecule has 38 heavy (non-hydrogen) atoms. The van der Waals surface area contributed by atoms with Crippen molar-refractivity contribution in [2.45, 2.75) is 155 Å². The second-order valence-electron chi connectivity index (χ2n) is 11.3. The van der Waals surface area contributed by atoms with Crippen molar-refractivity contribution in [1.82, 2.24) is 9.80 Å². The normalized spacial score (nSPS) is 16.5. The van der Waals surface area contributed by atoms with Crippen LogP contribution in [-0.4, -0.2) is 55.3 Å². The molecule has 0 aromatic heterocycles. The number of nitrogens with two attached hydrogens (primary N) is 1. The molecule has 0 spiro atoms. The molecule has 0 aromatic carbocycles. The fourth-order valence-corrected chi connectivity index (χ4v) is 6.95. The third-order valence-corrected chi connectivity index (χ3v) is 9.90. The van der Waals surface area contributed by atoms with Gasteiger partial charge in [0.25, 0.3) is 7.49 Å². The van der Waals surface area contributed by atoms with Crippen molar-refractivity contribution in [2.24, 2.45) is 10.7 Å². The first-order valence-electron chi connectivity index (χ1n) is 16.4. The first-order chi connectivity index (χ1) is 18.6. The number of likely N-dealkylation sites (N-methyl/N-ethyl adjacent to an activating group) is 1. The van der Waals surface area contributed by atoms with Crippen molar-refractivity contribution in [3.8, 4) is 0 Å². The van der Waals surface area contributed by atoms with Crippen LogP contribution in [0.2, 0.25) is 0 Å². The standard InChI is InChI=1S/C31H65N4O2P/c1-5-7-9-10-11-12-13-14-15-16-17-18-19-20-21-22-23-24-25-26-27-35-29-28-34(3)31(35)33-38(36-4,37-32)30-8-6-2/h30H,5-29,32H2,1-4H3/b33-31+. The topological polar surface area (TPSA) is 63.3 Å². The molecule has 0 aromatic rings. The lowest BCUT2D eigenvalue weighted by Crippen LogP contribution is -2.32. The zero-order valence-corrected chi connectivity index (χ0v) is 26.8. The Balaban J connectivity index is 2.02. The maximum absolute atomic E-state index is 5.66. The van der Waals surface area contributed by atoms with Crippen molar-refractivity contribution < 1.29 is 9.15 Å². The molecular weight excluding hydrogens is 491 g/mol. The highest BCUT2D eigenvalue weighted by atomic mass is 31.2. The van der Waals surface area contributed by atoms with Gasteiger partial charge >= 0.3 is 0 Å². The van der Waals surface area contributed by atoms with Gasteiger partial charge in [0.15, 0.2) is 0 Å². The Bertz CT molecular complexity index is 621. The van der Waals surface area contributed by atoms with E-state index in [9.17, 15) is 0 Å². The lowest BCUT2D eigenvalue weighted by atomic mass is 10.0. The van der Waals surface area contributed by atoms with Gasteiger partial charge in [0.05, 0.1) is 0 Å². The molecule has 1 fully saturated rings. The van der Waals surface area contributed by atoms with Crippen molar-refractivity contribution in [3.05, 3.63) is 0 Å². The first kappa shape index (κ1) is 35.5. The van der Waals surface area contributed by atoms with E-state index in [1.54, 1.807) is 7.11 Å². The van der Waals surface area contributed by atoms with Crippen molar-refractivity contribution in [3.63, 3.8) is 0 Å². The van der Waals surface area contributed by atoms with E-state index in [0.717, 1.165) is 38.4 Å². The Morgan fingerprint density at radius 2 is 1.16 bits per heavy atom. The van der Waals surface area contributed by atoms with Crippen LogP contribution < -0.4 is 5.90 Å². The Morgan fingerprint density at radius 3 is 1.55 bits per heavy atom. The van der Waals surface area contributed by atoms with Gasteiger partial charge in [0.2, 0.25) is 5.96 Å². The summed E-state index contributed by atoms with van der Waals surface area (Å²) in [6.07, 6.45) is 30.2. The van der Waals surface area contributed by atoms with E-state index in [-0.39, 0.29) is 0 Å². The summed E-state index contributed by atoms with van der Waals surface area (Å²) < 4.78 is 15.9. The minimum atomic E-state index is -2.52. The maximum Gasteiger partial charge on any atom is 0.256 e. The molecule has 0 amide bonds. The fraction of sp³-hybridized carbons (Fsp3) is 0.935. The van der Waals surface area contributed by atoms with Crippen LogP contribution in [0.25, 0.3) is 0 Å². The van der Waals surface area contributed by atoms with Crippen LogP contribution >= 0.6 is 7.49 Å². The Kier molecular flexibility index (Phi) is 22.7. The molecule has 226 valence electrons. The number of rotatable bonds is 26. The second kappa shape index (κ2) is 24.3. The van der Waals surface area contributed by atoms with Gasteiger partial charge in [-0.25, -0.2) is 10.5 Å². The summed E-state index contributed by atoms with van der Waals surface area (Å²) in [5, 5.41) is 0. The van der Waals surface area contributed by atoms with Crippen molar-refractivity contribution in [2.75, 3.05) is 33.8 Å². The van der Waals surface area contributed by atoms with Crippen LogP contribution in [0, 0.1) is 0 Å². The Hall–Kier alpha value is -0.550. The molecule has 1 heterocycles. The number of nitrogens with zero attached hydrogens (tertiary/aromatic N) is 3. The van der Waals surface area contributed by atoms with Gasteiger partial charge in [-0.15, -0.1) is 0 Å². The van der Waals surface area contributed by atoms with E-state index < -0.39 is 7.49 Å². The lowest BCUT2D eigenvalue weighted by Gasteiger charge is -2.24. The van der Waals surface area contributed by atoms with Gasteiger partial charge < -0.3 is 14.3 Å². The van der Waals surface area contributed by atoms with Crippen LogP contribution in [0.15, 0.2) is 4.76 Å². The summed E-state index contributed by atoms with van der Waals surface area (Å²) in [6, 6.07) is 0. The molecule has 0 aliphatic carbocycles. The van der Waals surface area contributed by atoms with Crippen LogP contribution in [0.5, 0.6) is 0 Å². The molecule has 1 saturated heterocycles. The minimum absolute atomic E-state index is 0.888. The molecular formula is C31H65N4O2P. The summed E-state index contributed by atoms with van der Waals surface area (Å²) >= 11 is 0. The van der Waals surface area contributed by atoms with E-state index in [0.29, 0.717) is 0 Å². The molecule has 1 unspecified atom stereocenters. The van der Waals surface area contributed by atoms with E-state index in [1.165, 1.54) is 128 Å². The highest BCUT2D eigenvalue weighted by molar-refractivity contribution is 7.64. The number of unbranched alkanes of at least 4 members (excludes halogenated alkanes) is 20. The third-order valence-electron chi connectivity index (χ3n) is 7.90. The number of hydrogen-bond donors (Lipinski definition) is 1. The Morgan fingerprint density at radius 1 is 0.711 bits per heavy atom. The highest BCUT2D eigenvalue weighted by Crippen LogP contribution is 2.49. The zero-order valence-electron chi connectivity index (χ0n) is 25.9. The van der Waals surface area contributed by atoms with Gasteiger partial charge in [0, 0.05) is 33.8 Å². The smallest absolute Gasteiger partial charge is 0.256 e. The summed E-state index contributed by atoms with van der Waals surface area (Å²) in [7, 11) is 1.22. The molecule has 0 bridgehead atoms. The van der Waals surface area contributed by atoms with Gasteiger partial charge in [0.1, 0.15) is 0 Å². The molecule has 0 radical (unpaired) electrons. The largest absolute Gasteiger partial charge is 0.344 e. The molecule has 1 atom stereocenters. The van der Waals surface area contributed by atoms with E-state index >= 15 is 0 Å². The Labute approximate surface area is 237 Å². The van der Waals surface area contributed by atoms with Crippen molar-refractivity contribution >= 4 is 19.2 Å². The summed E-state index contributed by atoms with van der Waals surface area (Å²) in [5.74, 6) is 8.63. The lowest BCUT2D eigenvalue weighted by molar-refractivity contribution is 0.288. The second-order valence-corrected chi connectivity index (χ2v) is 13.6. The summed E-state index contributed by atoms with van der Waals surface area (Å²) in [6.45, 7) is 7.48. The summed E-state index contributed by atoms with van der Waals surface area (Å²) in [4.78, 5) is 4.57. The molecule has 1 rings (SSSR count). The maximum atomic E-state index is 5.66. The van der Waals surface area contributed by atoms with Gasteiger partial charge in [-0.05, 0) is 18.6 Å². The van der Waals surface area contributed by atoms with Crippen LogP contribution in [0.4, 0.5) is 0 Å². The average Bonchev–Trinajstić information content (AvgIpc) is 3.28.